The van der Waals surface area contributed by atoms with Crippen LogP contribution in [0, 0.1) is 5.92 Å². The minimum absolute atomic E-state index is 0.0342. The van der Waals surface area contributed by atoms with Crippen molar-refractivity contribution >= 4 is 45.5 Å². The minimum atomic E-state index is -2.38. The van der Waals surface area contributed by atoms with Crippen LogP contribution in [0.1, 0.15) is 87.0 Å². The summed E-state index contributed by atoms with van der Waals surface area (Å²) in [6.07, 6.45) is 0.0739. The largest absolute Gasteiger partial charge is 0.497 e. The average molecular weight is 1120 g/mol. The molecule has 5 heterocycles. The third kappa shape index (κ3) is 12.9. The number of benzene rings is 4. The Morgan fingerprint density at radius 2 is 1.37 bits per heavy atom. The first-order valence-corrected chi connectivity index (χ1v) is 31.1. The van der Waals surface area contributed by atoms with E-state index in [2.05, 4.69) is 73.3 Å². The van der Waals surface area contributed by atoms with Gasteiger partial charge in [-0.1, -0.05) is 107 Å². The van der Waals surface area contributed by atoms with Gasteiger partial charge in [0.25, 0.3) is 11.5 Å². The number of methoxy groups -OCH3 is 2. The summed E-state index contributed by atoms with van der Waals surface area (Å²) in [5.41, 5.74) is 1.39. The highest BCUT2D eigenvalue weighted by atomic mass is 31.2. The van der Waals surface area contributed by atoms with Crippen molar-refractivity contribution in [3.05, 3.63) is 171 Å². The number of imidazole rings is 1. The van der Waals surface area contributed by atoms with Gasteiger partial charge in [-0.05, 0) is 83.2 Å². The summed E-state index contributed by atoms with van der Waals surface area (Å²) in [5, 5.41) is 5.83. The lowest BCUT2D eigenvalue weighted by atomic mass is 9.80. The number of amides is 1. The number of hydrogen-bond donors (Lipinski definition) is 3. The van der Waals surface area contributed by atoms with Crippen LogP contribution in [0.2, 0.25) is 18.1 Å². The van der Waals surface area contributed by atoms with E-state index in [4.69, 9.17) is 42.1 Å². The zero-order valence-corrected chi connectivity index (χ0v) is 48.3. The molecule has 0 bridgehead atoms. The second-order valence-electron chi connectivity index (χ2n) is 21.7. The summed E-state index contributed by atoms with van der Waals surface area (Å²) in [7, 11) is -0.760. The van der Waals surface area contributed by atoms with Crippen LogP contribution in [0.3, 0.4) is 0 Å². The van der Waals surface area contributed by atoms with Crippen LogP contribution in [0.25, 0.3) is 11.2 Å². The number of fused-ring (bicyclic) bond motifs is 1. The van der Waals surface area contributed by atoms with Crippen molar-refractivity contribution in [3.8, 4) is 11.5 Å². The van der Waals surface area contributed by atoms with Gasteiger partial charge in [-0.25, -0.2) is 9.78 Å². The van der Waals surface area contributed by atoms with Gasteiger partial charge >= 0.3 is 5.69 Å². The van der Waals surface area contributed by atoms with E-state index >= 15 is 0 Å². The van der Waals surface area contributed by atoms with Gasteiger partial charge < -0.3 is 47.8 Å². The van der Waals surface area contributed by atoms with Crippen LogP contribution in [-0.4, -0.2) is 108 Å². The number of carbonyl (C=O) groups excluding carboxylic acids is 1. The highest BCUT2D eigenvalue weighted by Crippen LogP contribution is 2.47. The quantitative estimate of drug-likeness (QED) is 0.0327. The number of ether oxygens (including phenoxy) is 5. The van der Waals surface area contributed by atoms with Crippen LogP contribution < -0.4 is 31.4 Å². The molecule has 2 saturated heterocycles. The number of H-pyrrole nitrogens is 1. The predicted octanol–water partition coefficient (Wildman–Crippen LogP) is 10.0. The summed E-state index contributed by atoms with van der Waals surface area (Å²) >= 11 is 0. The van der Waals surface area contributed by atoms with Crippen molar-refractivity contribution in [1.29, 1.82) is 0 Å². The molecule has 0 radical (unpaired) electrons. The Hall–Kier alpha value is -6.61. The van der Waals surface area contributed by atoms with Gasteiger partial charge in [0.1, 0.15) is 47.6 Å². The number of nitrogens with zero attached hydrogens (tertiary/aromatic N) is 5. The molecule has 418 valence electrons. The SMILES string of the molecule is COc1ccc(C(OC[C@H]2O[C@@H](n3cnc4c(=O)[nH]c(NCC(C)C)nc43)C[C@@H]2OP(C)OC[C@H]2O[C@@H](n3ccc(NC(=O)c4ccccc4)nc3=O)C[C@@H]2O[Si](C)(C)C(C)(C)C)(c2ccccc2)c2ccc(OC)cc2)cc1. The molecule has 2 fully saturated rings. The smallest absolute Gasteiger partial charge is 0.351 e. The number of aromatic amines is 1. The van der Waals surface area contributed by atoms with Gasteiger partial charge in [-0.3, -0.25) is 23.7 Å². The minimum Gasteiger partial charge on any atom is -0.497 e. The number of nitrogens with one attached hydrogen (secondary N) is 3. The van der Waals surface area contributed by atoms with Crippen molar-refractivity contribution in [2.45, 2.75) is 108 Å². The third-order valence-corrected chi connectivity index (χ3v) is 20.4. The normalized spacial score (nSPS) is 20.1. The molecule has 0 aliphatic carbocycles. The molecule has 1 unspecified atom stereocenters. The van der Waals surface area contributed by atoms with Crippen molar-refractivity contribution < 1.29 is 42.0 Å². The number of aromatic nitrogens is 6. The Kier molecular flexibility index (Phi) is 17.6. The Labute approximate surface area is 462 Å². The Morgan fingerprint density at radius 3 is 1.96 bits per heavy atom. The Bertz CT molecular complexity index is 3240. The van der Waals surface area contributed by atoms with E-state index in [1.165, 1.54) is 4.57 Å². The molecule has 2 aliphatic heterocycles. The standard InChI is InChI=1S/C58H71N8O11PSi/c1-37(2)33-59-55-63-52-51(54(68)64-55)60-36-66(52)50-31-44(46(74-50)34-72-58(39-19-15-12-16-20-39,40-21-25-42(70-6)26-22-40)41-23-27-43(71-7)28-24-41)76-78(8)73-35-47-45(77-79(9,10)57(3,4)5)32-49(75-47)65-30-29-48(62-56(65)69)61-53(67)38-17-13-11-14-18-38/h11-30,36-37,44-47,49-50H,31-35H2,1-10H3,(H2,59,63,64,68)(H,61,62,67,69)/t44-,45-,46+,47+,49+,50+,78?/m0/s1. The molecular weight excluding hydrogens is 1040 g/mol. The summed E-state index contributed by atoms with van der Waals surface area (Å²) in [4.78, 5) is 56.3. The first-order chi connectivity index (χ1) is 37.8. The van der Waals surface area contributed by atoms with Crippen molar-refractivity contribution in [2.24, 2.45) is 5.92 Å². The lowest BCUT2D eigenvalue weighted by Gasteiger charge is -2.39. The molecule has 3 aromatic heterocycles. The summed E-state index contributed by atoms with van der Waals surface area (Å²) in [6.45, 7) is 17.6. The molecule has 21 heteroatoms. The average Bonchev–Trinajstić information content (AvgIpc) is 4.36. The second-order valence-corrected chi connectivity index (χ2v) is 27.8. The summed E-state index contributed by atoms with van der Waals surface area (Å²) in [5.74, 6) is 1.75. The maximum Gasteiger partial charge on any atom is 0.351 e. The maximum atomic E-state index is 13.7. The molecule has 7 aromatic rings. The van der Waals surface area contributed by atoms with E-state index in [0.29, 0.717) is 54.0 Å². The monoisotopic (exact) mass is 1110 g/mol. The number of carbonyl (C=O) groups is 1. The van der Waals surface area contributed by atoms with Crippen LogP contribution >= 0.6 is 8.38 Å². The van der Waals surface area contributed by atoms with Crippen molar-refractivity contribution in [3.63, 3.8) is 0 Å². The van der Waals surface area contributed by atoms with Crippen LogP contribution in [0.15, 0.2) is 137 Å². The van der Waals surface area contributed by atoms with Gasteiger partial charge in [-0.2, -0.15) is 9.97 Å². The molecule has 0 spiro atoms. The summed E-state index contributed by atoms with van der Waals surface area (Å²) in [6, 6.07) is 36.0. The number of anilines is 2. The van der Waals surface area contributed by atoms with Gasteiger partial charge in [0.05, 0.1) is 46.0 Å². The van der Waals surface area contributed by atoms with Crippen molar-refractivity contribution in [2.75, 3.05) is 51.3 Å². The molecule has 1 amide bonds. The van der Waals surface area contributed by atoms with E-state index < -0.39 is 64.9 Å². The van der Waals surface area contributed by atoms with Gasteiger partial charge in [0.15, 0.2) is 27.9 Å². The van der Waals surface area contributed by atoms with E-state index in [0.717, 1.165) is 16.7 Å². The Morgan fingerprint density at radius 1 is 0.785 bits per heavy atom. The highest BCUT2D eigenvalue weighted by Gasteiger charge is 2.47. The first-order valence-electron chi connectivity index (χ1n) is 26.5. The molecule has 3 N–H and O–H groups in total. The van der Waals surface area contributed by atoms with E-state index in [9.17, 15) is 14.4 Å². The lowest BCUT2D eigenvalue weighted by molar-refractivity contribution is -0.0908. The fraction of sp³-hybridized carbons (Fsp3) is 0.414. The summed E-state index contributed by atoms with van der Waals surface area (Å²) < 4.78 is 56.1. The molecular formula is C58H71N8O11PSi. The zero-order chi connectivity index (χ0) is 56.1. The lowest BCUT2D eigenvalue weighted by Crippen LogP contribution is -2.46. The maximum absolute atomic E-state index is 13.7. The predicted molar refractivity (Wildman–Crippen MR) is 305 cm³/mol. The highest BCUT2D eigenvalue weighted by molar-refractivity contribution is 7.46. The van der Waals surface area contributed by atoms with E-state index in [-0.39, 0.29) is 41.1 Å². The molecule has 2 aliphatic rings. The van der Waals surface area contributed by atoms with E-state index in [1.54, 1.807) is 61.6 Å². The molecule has 4 aromatic carbocycles. The van der Waals surface area contributed by atoms with Crippen LogP contribution in [-0.2, 0) is 33.3 Å². The fourth-order valence-electron chi connectivity index (χ4n) is 9.51. The molecule has 79 heavy (non-hydrogen) atoms. The van der Waals surface area contributed by atoms with Crippen molar-refractivity contribution in [1.82, 2.24) is 29.1 Å². The third-order valence-electron chi connectivity index (χ3n) is 14.8. The first kappa shape index (κ1) is 57.1. The van der Waals surface area contributed by atoms with Crippen LogP contribution in [0.5, 0.6) is 11.5 Å². The molecule has 19 nitrogen and oxygen atoms in total. The number of hydrogen-bond acceptors (Lipinski definition) is 15. The van der Waals surface area contributed by atoms with Gasteiger partial charge in [-0.15, -0.1) is 0 Å². The molecule has 7 atom stereocenters. The second kappa shape index (κ2) is 24.4. The van der Waals surface area contributed by atoms with Crippen LogP contribution in [0.4, 0.5) is 11.8 Å². The fourth-order valence-corrected chi connectivity index (χ4v) is 11.9. The number of rotatable bonds is 22. The Balaban J connectivity index is 1.00. The van der Waals surface area contributed by atoms with Gasteiger partial charge in [0, 0.05) is 37.8 Å². The zero-order valence-electron chi connectivity index (χ0n) is 46.4. The van der Waals surface area contributed by atoms with Gasteiger partial charge in [0.2, 0.25) is 5.95 Å². The topological polar surface area (TPSA) is 213 Å². The molecule has 0 saturated carbocycles. The molecule has 9 rings (SSSR count). The van der Waals surface area contributed by atoms with E-state index in [1.807, 2.05) is 91.6 Å².